The fourth-order valence-electron chi connectivity index (χ4n) is 2.73. The van der Waals surface area contributed by atoms with Crippen LogP contribution in [0, 0.1) is 0 Å². The summed E-state index contributed by atoms with van der Waals surface area (Å²) < 4.78 is 15.9. The van der Waals surface area contributed by atoms with Crippen LogP contribution in [-0.2, 0) is 0 Å². The summed E-state index contributed by atoms with van der Waals surface area (Å²) in [5, 5.41) is 0. The molecule has 3 aromatic carbocycles. The van der Waals surface area contributed by atoms with E-state index in [1.807, 2.05) is 12.1 Å². The van der Waals surface area contributed by atoms with Crippen molar-refractivity contribution < 1.29 is 23.8 Å². The zero-order chi connectivity index (χ0) is 20.8. The Morgan fingerprint density at radius 3 is 1.48 bits per heavy atom. The van der Waals surface area contributed by atoms with Crippen molar-refractivity contribution in [1.82, 2.24) is 0 Å². The van der Waals surface area contributed by atoms with E-state index in [9.17, 15) is 9.59 Å². The average molecular weight is 390 g/mol. The molecule has 0 aliphatic heterocycles. The van der Waals surface area contributed by atoms with Gasteiger partial charge in [-0.25, -0.2) is 9.59 Å². The maximum atomic E-state index is 12.6. The van der Waals surface area contributed by atoms with Crippen LogP contribution in [-0.4, -0.2) is 19.0 Å². The van der Waals surface area contributed by atoms with Gasteiger partial charge >= 0.3 is 11.9 Å². The largest absolute Gasteiger partial charge is 0.497 e. The summed E-state index contributed by atoms with van der Waals surface area (Å²) >= 11 is 0. The molecule has 0 fully saturated rings. The predicted molar refractivity (Wildman–Crippen MR) is 110 cm³/mol. The van der Waals surface area contributed by atoms with Crippen molar-refractivity contribution in [2.75, 3.05) is 7.11 Å². The van der Waals surface area contributed by atoms with Crippen LogP contribution in [0.5, 0.6) is 17.2 Å². The van der Waals surface area contributed by atoms with Crippen molar-refractivity contribution in [3.63, 3.8) is 0 Å². The SMILES string of the molecule is COc1ccc(OC(=O)c2ccccc2C(=O)Oc2ccc(C(C)C)cc2)cc1. The lowest BCUT2D eigenvalue weighted by Gasteiger charge is -2.11. The number of rotatable bonds is 6. The predicted octanol–water partition coefficient (Wildman–Crippen LogP) is 5.26. The van der Waals surface area contributed by atoms with Crippen LogP contribution in [0.3, 0.4) is 0 Å². The van der Waals surface area contributed by atoms with E-state index >= 15 is 0 Å². The number of hydrogen-bond donors (Lipinski definition) is 0. The molecule has 0 unspecified atom stereocenters. The molecule has 5 nitrogen and oxygen atoms in total. The summed E-state index contributed by atoms with van der Waals surface area (Å²) in [4.78, 5) is 25.3. The molecule has 0 amide bonds. The molecule has 0 radical (unpaired) electrons. The van der Waals surface area contributed by atoms with Crippen molar-refractivity contribution in [3.05, 3.63) is 89.5 Å². The van der Waals surface area contributed by atoms with Gasteiger partial charge in [-0.05, 0) is 60.0 Å². The standard InChI is InChI=1S/C24H22O5/c1-16(2)17-8-10-19(11-9-17)28-23(25)21-6-4-5-7-22(21)24(26)29-20-14-12-18(27-3)13-15-20/h4-16H,1-3H3. The quantitative estimate of drug-likeness (QED) is 0.425. The second-order valence-corrected chi connectivity index (χ2v) is 6.72. The molecule has 29 heavy (non-hydrogen) atoms. The fraction of sp³-hybridized carbons (Fsp3) is 0.167. The molecular formula is C24H22O5. The highest BCUT2D eigenvalue weighted by atomic mass is 16.5. The van der Waals surface area contributed by atoms with Crippen LogP contribution in [0.2, 0.25) is 0 Å². The minimum Gasteiger partial charge on any atom is -0.497 e. The molecule has 3 rings (SSSR count). The van der Waals surface area contributed by atoms with Crippen LogP contribution in [0.1, 0.15) is 46.0 Å². The number of carbonyl (C=O) groups is 2. The minimum absolute atomic E-state index is 0.132. The van der Waals surface area contributed by atoms with Crippen LogP contribution >= 0.6 is 0 Å². The zero-order valence-corrected chi connectivity index (χ0v) is 16.5. The number of ether oxygens (including phenoxy) is 3. The Balaban J connectivity index is 1.76. The van der Waals surface area contributed by atoms with Gasteiger partial charge in [-0.3, -0.25) is 0 Å². The molecule has 3 aromatic rings. The molecule has 0 spiro atoms. The fourth-order valence-corrected chi connectivity index (χ4v) is 2.73. The third kappa shape index (κ3) is 5.02. The van der Waals surface area contributed by atoms with Gasteiger partial charge in [0.2, 0.25) is 0 Å². The van der Waals surface area contributed by atoms with Crippen molar-refractivity contribution >= 4 is 11.9 Å². The van der Waals surface area contributed by atoms with Gasteiger partial charge in [0, 0.05) is 0 Å². The Morgan fingerprint density at radius 2 is 1.07 bits per heavy atom. The van der Waals surface area contributed by atoms with Crippen LogP contribution in [0.15, 0.2) is 72.8 Å². The lowest BCUT2D eigenvalue weighted by atomic mass is 10.0. The summed E-state index contributed by atoms with van der Waals surface area (Å²) in [6, 6.07) is 20.3. The first-order valence-corrected chi connectivity index (χ1v) is 9.25. The third-order valence-electron chi connectivity index (χ3n) is 4.39. The molecule has 0 saturated heterocycles. The summed E-state index contributed by atoms with van der Waals surface area (Å²) in [5.74, 6) is 0.536. The maximum absolute atomic E-state index is 12.6. The summed E-state index contributed by atoms with van der Waals surface area (Å²) in [6.07, 6.45) is 0. The Morgan fingerprint density at radius 1 is 0.655 bits per heavy atom. The van der Waals surface area contributed by atoms with Gasteiger partial charge in [-0.15, -0.1) is 0 Å². The summed E-state index contributed by atoms with van der Waals surface area (Å²) in [7, 11) is 1.55. The topological polar surface area (TPSA) is 61.8 Å². The first-order chi connectivity index (χ1) is 14.0. The Hall–Kier alpha value is -3.60. The third-order valence-corrected chi connectivity index (χ3v) is 4.39. The van der Waals surface area contributed by atoms with E-state index in [2.05, 4.69) is 13.8 Å². The van der Waals surface area contributed by atoms with Crippen molar-refractivity contribution in [1.29, 1.82) is 0 Å². The number of hydrogen-bond acceptors (Lipinski definition) is 5. The Kier molecular flexibility index (Phi) is 6.29. The highest BCUT2D eigenvalue weighted by Gasteiger charge is 2.20. The van der Waals surface area contributed by atoms with E-state index in [4.69, 9.17) is 14.2 Å². The second kappa shape index (κ2) is 9.06. The lowest BCUT2D eigenvalue weighted by Crippen LogP contribution is -2.17. The molecule has 0 saturated carbocycles. The maximum Gasteiger partial charge on any atom is 0.344 e. The van der Waals surface area contributed by atoms with Gasteiger partial charge < -0.3 is 14.2 Å². The lowest BCUT2D eigenvalue weighted by molar-refractivity contribution is 0.0692. The molecule has 0 aromatic heterocycles. The molecule has 148 valence electrons. The number of benzene rings is 3. The molecular weight excluding hydrogens is 368 g/mol. The van der Waals surface area contributed by atoms with Crippen molar-refractivity contribution in [3.8, 4) is 17.2 Å². The van der Waals surface area contributed by atoms with Gasteiger partial charge in [0.1, 0.15) is 17.2 Å². The van der Waals surface area contributed by atoms with Crippen LogP contribution in [0.25, 0.3) is 0 Å². The van der Waals surface area contributed by atoms with Crippen LogP contribution < -0.4 is 14.2 Å². The molecule has 5 heteroatoms. The van der Waals surface area contributed by atoms with Crippen molar-refractivity contribution in [2.45, 2.75) is 19.8 Å². The highest BCUT2D eigenvalue weighted by molar-refractivity contribution is 6.04. The van der Waals surface area contributed by atoms with E-state index in [1.54, 1.807) is 55.6 Å². The zero-order valence-electron chi connectivity index (χ0n) is 16.5. The van der Waals surface area contributed by atoms with E-state index in [0.717, 1.165) is 5.56 Å². The van der Waals surface area contributed by atoms with Gasteiger partial charge in [-0.2, -0.15) is 0 Å². The first-order valence-electron chi connectivity index (χ1n) is 9.25. The Bertz CT molecular complexity index is 989. The number of methoxy groups -OCH3 is 1. The smallest absolute Gasteiger partial charge is 0.344 e. The van der Waals surface area contributed by atoms with Gasteiger partial charge in [0.15, 0.2) is 0 Å². The molecule has 0 aliphatic carbocycles. The minimum atomic E-state index is -0.641. The summed E-state index contributed by atoms with van der Waals surface area (Å²) in [6.45, 7) is 4.18. The number of carbonyl (C=O) groups excluding carboxylic acids is 2. The summed E-state index contributed by atoms with van der Waals surface area (Å²) in [5.41, 5.74) is 1.42. The van der Waals surface area contributed by atoms with Crippen LogP contribution in [0.4, 0.5) is 0 Å². The average Bonchev–Trinajstić information content (AvgIpc) is 2.74. The van der Waals surface area contributed by atoms with Gasteiger partial charge in [0.05, 0.1) is 18.2 Å². The normalized spacial score (nSPS) is 10.5. The Labute approximate surface area is 169 Å². The number of esters is 2. The van der Waals surface area contributed by atoms with E-state index in [0.29, 0.717) is 23.2 Å². The van der Waals surface area contributed by atoms with E-state index < -0.39 is 11.9 Å². The second-order valence-electron chi connectivity index (χ2n) is 6.72. The van der Waals surface area contributed by atoms with Gasteiger partial charge in [-0.1, -0.05) is 38.1 Å². The van der Waals surface area contributed by atoms with E-state index in [1.165, 1.54) is 12.1 Å². The first kappa shape index (κ1) is 20.1. The molecule has 0 N–H and O–H groups in total. The van der Waals surface area contributed by atoms with E-state index in [-0.39, 0.29) is 11.1 Å². The molecule has 0 aliphatic rings. The molecule has 0 heterocycles. The van der Waals surface area contributed by atoms with Crippen molar-refractivity contribution in [2.24, 2.45) is 0 Å². The van der Waals surface area contributed by atoms with Gasteiger partial charge in [0.25, 0.3) is 0 Å². The molecule has 0 atom stereocenters. The highest BCUT2D eigenvalue weighted by Crippen LogP contribution is 2.22. The monoisotopic (exact) mass is 390 g/mol. The molecule has 0 bridgehead atoms.